The summed E-state index contributed by atoms with van der Waals surface area (Å²) >= 11 is 1.41. The predicted octanol–water partition coefficient (Wildman–Crippen LogP) is 3.51. The van der Waals surface area contributed by atoms with E-state index in [-0.39, 0.29) is 0 Å². The highest BCUT2D eigenvalue weighted by Gasteiger charge is 2.17. The topological polar surface area (TPSA) is 94.1 Å². The molecular formula is C17H12N6O2S. The zero-order valence-electron chi connectivity index (χ0n) is 13.6. The smallest absolute Gasteiger partial charge is 0.235 e. The zero-order valence-corrected chi connectivity index (χ0v) is 14.4. The molecule has 0 amide bonds. The van der Waals surface area contributed by atoms with Gasteiger partial charge in [-0.3, -0.25) is 5.10 Å². The van der Waals surface area contributed by atoms with Gasteiger partial charge in [0.1, 0.15) is 11.4 Å². The Morgan fingerprint density at radius 3 is 2.81 bits per heavy atom. The van der Waals surface area contributed by atoms with Gasteiger partial charge in [-0.2, -0.15) is 9.61 Å². The summed E-state index contributed by atoms with van der Waals surface area (Å²) in [7, 11) is 1.64. The number of H-pyrrole nitrogens is 1. The number of methoxy groups -OCH3 is 1. The number of fused-ring (bicyclic) bond motifs is 1. The number of aromatic amines is 1. The molecule has 0 aliphatic carbocycles. The van der Waals surface area contributed by atoms with Crippen LogP contribution in [-0.4, -0.2) is 37.1 Å². The predicted molar refractivity (Wildman–Crippen MR) is 95.9 cm³/mol. The Morgan fingerprint density at radius 1 is 1.15 bits per heavy atom. The molecule has 9 heteroatoms. The Hall–Kier alpha value is -3.46. The summed E-state index contributed by atoms with van der Waals surface area (Å²) < 4.78 is 12.3. The molecule has 0 spiro atoms. The molecule has 0 radical (unpaired) electrons. The molecule has 0 atom stereocenters. The van der Waals surface area contributed by atoms with E-state index in [0.717, 1.165) is 27.7 Å². The van der Waals surface area contributed by atoms with Crippen LogP contribution >= 0.6 is 11.3 Å². The monoisotopic (exact) mass is 364 g/mol. The maximum Gasteiger partial charge on any atom is 0.235 e. The summed E-state index contributed by atoms with van der Waals surface area (Å²) in [5, 5.41) is 21.1. The van der Waals surface area contributed by atoms with Crippen molar-refractivity contribution in [3.05, 3.63) is 48.7 Å². The van der Waals surface area contributed by atoms with E-state index in [1.807, 2.05) is 42.5 Å². The van der Waals surface area contributed by atoms with E-state index in [2.05, 4.69) is 25.5 Å². The first-order chi connectivity index (χ1) is 12.8. The quantitative estimate of drug-likeness (QED) is 0.524. The van der Waals surface area contributed by atoms with Gasteiger partial charge >= 0.3 is 0 Å². The molecule has 26 heavy (non-hydrogen) atoms. The average Bonchev–Trinajstić information content (AvgIpc) is 3.44. The molecule has 1 N–H and O–H groups in total. The van der Waals surface area contributed by atoms with Crippen LogP contribution in [0.5, 0.6) is 5.75 Å². The molecule has 0 saturated heterocycles. The van der Waals surface area contributed by atoms with E-state index in [1.54, 1.807) is 17.9 Å². The summed E-state index contributed by atoms with van der Waals surface area (Å²) in [5.41, 5.74) is 2.52. The number of ether oxygens (including phenoxy) is 1. The Bertz CT molecular complexity index is 1170. The van der Waals surface area contributed by atoms with E-state index in [9.17, 15) is 0 Å². The Labute approximate surface area is 151 Å². The first-order valence-corrected chi connectivity index (χ1v) is 8.60. The first-order valence-electron chi connectivity index (χ1n) is 7.78. The molecular weight excluding hydrogens is 352 g/mol. The maximum atomic E-state index is 5.40. The van der Waals surface area contributed by atoms with Crippen LogP contribution in [0.1, 0.15) is 0 Å². The minimum absolute atomic E-state index is 0.598. The van der Waals surface area contributed by atoms with Crippen LogP contribution in [0.4, 0.5) is 0 Å². The van der Waals surface area contributed by atoms with Gasteiger partial charge < -0.3 is 9.15 Å². The molecule has 0 unspecified atom stereocenters. The van der Waals surface area contributed by atoms with Crippen LogP contribution in [0.3, 0.4) is 0 Å². The summed E-state index contributed by atoms with van der Waals surface area (Å²) in [4.78, 5) is 0.687. The summed E-state index contributed by atoms with van der Waals surface area (Å²) in [6.07, 6.45) is 1.62. The van der Waals surface area contributed by atoms with Gasteiger partial charge in [0, 0.05) is 5.56 Å². The highest BCUT2D eigenvalue weighted by Crippen LogP contribution is 2.29. The van der Waals surface area contributed by atoms with Crippen LogP contribution in [-0.2, 0) is 0 Å². The fraction of sp³-hybridized carbons (Fsp3) is 0.0588. The Morgan fingerprint density at radius 2 is 2.04 bits per heavy atom. The van der Waals surface area contributed by atoms with Gasteiger partial charge in [0.2, 0.25) is 10.8 Å². The lowest BCUT2D eigenvalue weighted by Gasteiger charge is -1.99. The molecule has 4 heterocycles. The average molecular weight is 364 g/mol. The molecule has 0 saturated carbocycles. The van der Waals surface area contributed by atoms with Crippen molar-refractivity contribution in [3.63, 3.8) is 0 Å². The van der Waals surface area contributed by atoms with E-state index in [1.165, 1.54) is 11.3 Å². The normalized spacial score (nSPS) is 11.3. The molecule has 4 aromatic heterocycles. The van der Waals surface area contributed by atoms with Gasteiger partial charge in [-0.1, -0.05) is 11.3 Å². The van der Waals surface area contributed by atoms with Crippen LogP contribution < -0.4 is 4.74 Å². The highest BCUT2D eigenvalue weighted by atomic mass is 32.1. The molecule has 0 bridgehead atoms. The highest BCUT2D eigenvalue weighted by molar-refractivity contribution is 7.19. The molecule has 0 fully saturated rings. The number of rotatable bonds is 4. The van der Waals surface area contributed by atoms with E-state index >= 15 is 0 Å². The van der Waals surface area contributed by atoms with Crippen LogP contribution in [0.2, 0.25) is 0 Å². The number of nitrogens with zero attached hydrogens (tertiary/aromatic N) is 5. The van der Waals surface area contributed by atoms with Crippen LogP contribution in [0, 0.1) is 0 Å². The van der Waals surface area contributed by atoms with Crippen molar-refractivity contribution >= 4 is 16.3 Å². The fourth-order valence-electron chi connectivity index (χ4n) is 2.63. The number of nitrogens with one attached hydrogen (secondary N) is 1. The number of furan rings is 1. The van der Waals surface area contributed by atoms with Crippen LogP contribution in [0.15, 0.2) is 53.1 Å². The van der Waals surface area contributed by atoms with Crippen molar-refractivity contribution in [1.29, 1.82) is 0 Å². The lowest BCUT2D eigenvalue weighted by molar-refractivity contribution is 0.415. The standard InChI is InChI=1S/C17H12N6O2S/c1-24-11-6-4-10(5-7-11)12-9-13(19-18-12)15-20-21-17-23(15)22-16(26-17)14-3-2-8-25-14/h2-9H,1H3,(H,18,19). The Kier molecular flexibility index (Phi) is 3.32. The van der Waals surface area contributed by atoms with E-state index in [4.69, 9.17) is 9.15 Å². The maximum absolute atomic E-state index is 5.40. The molecule has 0 aliphatic heterocycles. The van der Waals surface area contributed by atoms with E-state index < -0.39 is 0 Å². The Balaban J connectivity index is 1.53. The summed E-state index contributed by atoms with van der Waals surface area (Å²) in [5.74, 6) is 2.10. The van der Waals surface area contributed by atoms with Crippen molar-refractivity contribution in [2.45, 2.75) is 0 Å². The van der Waals surface area contributed by atoms with Gasteiger partial charge in [0.25, 0.3) is 0 Å². The second kappa shape index (κ2) is 5.81. The molecule has 5 aromatic rings. The van der Waals surface area contributed by atoms with Gasteiger partial charge in [0.05, 0.1) is 19.1 Å². The lowest BCUT2D eigenvalue weighted by Crippen LogP contribution is -1.90. The number of hydrogen-bond donors (Lipinski definition) is 1. The second-order valence-corrected chi connectivity index (χ2v) is 6.45. The summed E-state index contributed by atoms with van der Waals surface area (Å²) in [6, 6.07) is 13.3. The third-order valence-corrected chi connectivity index (χ3v) is 4.84. The van der Waals surface area contributed by atoms with Crippen molar-refractivity contribution in [3.8, 4) is 39.3 Å². The van der Waals surface area contributed by atoms with Crippen molar-refractivity contribution in [2.24, 2.45) is 0 Å². The number of aromatic nitrogens is 6. The lowest BCUT2D eigenvalue weighted by atomic mass is 10.1. The first kappa shape index (κ1) is 14.8. The minimum Gasteiger partial charge on any atom is -0.497 e. The van der Waals surface area contributed by atoms with Gasteiger partial charge in [-0.05, 0) is 42.5 Å². The number of hydrogen-bond acceptors (Lipinski definition) is 7. The largest absolute Gasteiger partial charge is 0.497 e. The zero-order chi connectivity index (χ0) is 17.5. The molecule has 0 aliphatic rings. The third kappa shape index (κ3) is 2.37. The third-order valence-electron chi connectivity index (χ3n) is 3.93. The molecule has 128 valence electrons. The molecule has 1 aromatic carbocycles. The van der Waals surface area contributed by atoms with Crippen molar-refractivity contribution in [2.75, 3.05) is 7.11 Å². The van der Waals surface area contributed by atoms with Crippen molar-refractivity contribution < 1.29 is 9.15 Å². The van der Waals surface area contributed by atoms with Gasteiger partial charge in [0.15, 0.2) is 10.8 Å². The number of benzene rings is 1. The van der Waals surface area contributed by atoms with Gasteiger partial charge in [-0.15, -0.1) is 15.3 Å². The molecule has 8 nitrogen and oxygen atoms in total. The van der Waals surface area contributed by atoms with Crippen LogP contribution in [0.25, 0.3) is 38.5 Å². The van der Waals surface area contributed by atoms with Crippen molar-refractivity contribution in [1.82, 2.24) is 30.0 Å². The molecule has 5 rings (SSSR count). The van der Waals surface area contributed by atoms with E-state index in [0.29, 0.717) is 16.5 Å². The summed E-state index contributed by atoms with van der Waals surface area (Å²) in [6.45, 7) is 0. The minimum atomic E-state index is 0.598. The second-order valence-electron chi connectivity index (χ2n) is 5.50. The SMILES string of the molecule is COc1ccc(-c2cc(-c3nnc4sc(-c5ccco5)nn34)[nH]n2)cc1. The fourth-order valence-corrected chi connectivity index (χ4v) is 3.44. The van der Waals surface area contributed by atoms with Gasteiger partial charge in [-0.25, -0.2) is 0 Å².